The van der Waals surface area contributed by atoms with Crippen LogP contribution in [0.4, 0.5) is 10.1 Å². The molecule has 0 spiro atoms. The van der Waals surface area contributed by atoms with Crippen LogP contribution in [0.3, 0.4) is 0 Å². The largest absolute Gasteiger partial charge is 0.388 e. The molecule has 0 fully saturated rings. The molecule has 0 aliphatic rings. The standard InChI is InChI=1S/C18H21FN2O2/c1-18(2,3)17(23)21-15-8-9-20-11-13(15)16(22)10-12-6-4-5-7-14(12)19/h4-9,11,16,22H,10H2,1-3H3,(H,20,21,23). The van der Waals surface area contributed by atoms with Crippen LogP contribution in [0.1, 0.15) is 38.0 Å². The molecule has 1 heterocycles. The Balaban J connectivity index is 2.23. The Kier molecular flexibility index (Phi) is 5.11. The van der Waals surface area contributed by atoms with Gasteiger partial charge in [0.05, 0.1) is 6.10 Å². The van der Waals surface area contributed by atoms with E-state index in [1.165, 1.54) is 18.5 Å². The van der Waals surface area contributed by atoms with Crippen molar-refractivity contribution in [3.8, 4) is 0 Å². The van der Waals surface area contributed by atoms with Gasteiger partial charge in [0, 0.05) is 35.5 Å². The first-order valence-electron chi connectivity index (χ1n) is 7.46. The fourth-order valence-electron chi connectivity index (χ4n) is 2.08. The first kappa shape index (κ1) is 17.1. The van der Waals surface area contributed by atoms with E-state index >= 15 is 0 Å². The van der Waals surface area contributed by atoms with Crippen molar-refractivity contribution in [3.05, 3.63) is 59.7 Å². The van der Waals surface area contributed by atoms with Crippen LogP contribution in [0.5, 0.6) is 0 Å². The lowest BCUT2D eigenvalue weighted by Gasteiger charge is -2.21. The van der Waals surface area contributed by atoms with Gasteiger partial charge in [-0.1, -0.05) is 39.0 Å². The number of halogens is 1. The molecule has 122 valence electrons. The summed E-state index contributed by atoms with van der Waals surface area (Å²) in [5, 5.41) is 13.2. The monoisotopic (exact) mass is 316 g/mol. The Bertz CT molecular complexity index is 695. The minimum atomic E-state index is -0.962. The highest BCUT2D eigenvalue weighted by atomic mass is 19.1. The van der Waals surface area contributed by atoms with E-state index in [0.29, 0.717) is 16.8 Å². The van der Waals surface area contributed by atoms with Crippen molar-refractivity contribution in [2.24, 2.45) is 5.41 Å². The van der Waals surface area contributed by atoms with Crippen LogP contribution in [0.15, 0.2) is 42.7 Å². The molecule has 0 saturated carbocycles. The predicted molar refractivity (Wildman–Crippen MR) is 87.4 cm³/mol. The number of carbonyl (C=O) groups excluding carboxylic acids is 1. The van der Waals surface area contributed by atoms with Crippen molar-refractivity contribution in [3.63, 3.8) is 0 Å². The maximum atomic E-state index is 13.7. The molecule has 0 aliphatic heterocycles. The van der Waals surface area contributed by atoms with Crippen molar-refractivity contribution in [2.45, 2.75) is 33.3 Å². The summed E-state index contributed by atoms with van der Waals surface area (Å²) in [6, 6.07) is 7.93. The summed E-state index contributed by atoms with van der Waals surface area (Å²) >= 11 is 0. The molecule has 0 bridgehead atoms. The number of nitrogens with zero attached hydrogens (tertiary/aromatic N) is 1. The van der Waals surface area contributed by atoms with Gasteiger partial charge in [0.2, 0.25) is 5.91 Å². The molecule has 1 aromatic heterocycles. The van der Waals surface area contributed by atoms with Gasteiger partial charge in [0.1, 0.15) is 5.82 Å². The predicted octanol–water partition coefficient (Wildman–Crippen LogP) is 3.48. The molecule has 23 heavy (non-hydrogen) atoms. The molecule has 2 N–H and O–H groups in total. The molecule has 1 amide bonds. The highest BCUT2D eigenvalue weighted by molar-refractivity contribution is 5.95. The van der Waals surface area contributed by atoms with E-state index in [-0.39, 0.29) is 18.1 Å². The molecule has 0 aliphatic carbocycles. The van der Waals surface area contributed by atoms with Gasteiger partial charge < -0.3 is 10.4 Å². The minimum Gasteiger partial charge on any atom is -0.388 e. The quantitative estimate of drug-likeness (QED) is 0.908. The number of hydrogen-bond acceptors (Lipinski definition) is 3. The van der Waals surface area contributed by atoms with Crippen molar-refractivity contribution in [2.75, 3.05) is 5.32 Å². The highest BCUT2D eigenvalue weighted by Crippen LogP contribution is 2.27. The van der Waals surface area contributed by atoms with Crippen molar-refractivity contribution in [1.82, 2.24) is 4.98 Å². The summed E-state index contributed by atoms with van der Waals surface area (Å²) < 4.78 is 13.7. The molecule has 2 rings (SSSR count). The normalized spacial score (nSPS) is 12.7. The third-order valence-electron chi connectivity index (χ3n) is 3.51. The third kappa shape index (κ3) is 4.36. The summed E-state index contributed by atoms with van der Waals surface area (Å²) in [4.78, 5) is 16.1. The Morgan fingerprint density at radius 1 is 1.30 bits per heavy atom. The second-order valence-electron chi connectivity index (χ2n) is 6.48. The van der Waals surface area contributed by atoms with Gasteiger partial charge in [0.15, 0.2) is 0 Å². The van der Waals surface area contributed by atoms with Crippen molar-refractivity contribution < 1.29 is 14.3 Å². The molecule has 0 saturated heterocycles. The lowest BCUT2D eigenvalue weighted by atomic mass is 9.95. The lowest BCUT2D eigenvalue weighted by molar-refractivity contribution is -0.123. The van der Waals surface area contributed by atoms with E-state index in [1.807, 2.05) is 0 Å². The number of nitrogens with one attached hydrogen (secondary N) is 1. The molecule has 1 unspecified atom stereocenters. The van der Waals surface area contributed by atoms with Gasteiger partial charge >= 0.3 is 0 Å². The summed E-state index contributed by atoms with van der Waals surface area (Å²) in [7, 11) is 0. The highest BCUT2D eigenvalue weighted by Gasteiger charge is 2.23. The lowest BCUT2D eigenvalue weighted by Crippen LogP contribution is -2.28. The Morgan fingerprint density at radius 3 is 2.65 bits per heavy atom. The van der Waals surface area contributed by atoms with E-state index in [2.05, 4.69) is 10.3 Å². The molecule has 4 nitrogen and oxygen atoms in total. The topological polar surface area (TPSA) is 62.2 Å². The first-order valence-corrected chi connectivity index (χ1v) is 7.46. The fraction of sp³-hybridized carbons (Fsp3) is 0.333. The van der Waals surface area contributed by atoms with Gasteiger partial charge in [-0.15, -0.1) is 0 Å². The second kappa shape index (κ2) is 6.87. The molecular weight excluding hydrogens is 295 g/mol. The smallest absolute Gasteiger partial charge is 0.229 e. The zero-order valence-electron chi connectivity index (χ0n) is 13.5. The average molecular weight is 316 g/mol. The van der Waals surface area contributed by atoms with Crippen LogP contribution < -0.4 is 5.32 Å². The zero-order chi connectivity index (χ0) is 17.0. The number of hydrogen-bond donors (Lipinski definition) is 2. The van der Waals surface area contributed by atoms with E-state index < -0.39 is 11.5 Å². The van der Waals surface area contributed by atoms with Crippen LogP contribution >= 0.6 is 0 Å². The molecule has 2 aromatic rings. The van der Waals surface area contributed by atoms with Crippen molar-refractivity contribution >= 4 is 11.6 Å². The van der Waals surface area contributed by atoms with Crippen LogP contribution in [0, 0.1) is 11.2 Å². The summed E-state index contributed by atoms with van der Waals surface area (Å²) in [5.74, 6) is -0.529. The van der Waals surface area contributed by atoms with Crippen LogP contribution in [-0.2, 0) is 11.2 Å². The van der Waals surface area contributed by atoms with Gasteiger partial charge in [0.25, 0.3) is 0 Å². The van der Waals surface area contributed by atoms with Crippen molar-refractivity contribution in [1.29, 1.82) is 0 Å². The average Bonchev–Trinajstić information content (AvgIpc) is 2.49. The zero-order valence-corrected chi connectivity index (χ0v) is 13.5. The van der Waals surface area contributed by atoms with Gasteiger partial charge in [-0.3, -0.25) is 9.78 Å². The number of aromatic nitrogens is 1. The number of pyridine rings is 1. The van der Waals surface area contributed by atoms with Crippen LogP contribution in [0.2, 0.25) is 0 Å². The number of amides is 1. The van der Waals surface area contributed by atoms with E-state index in [9.17, 15) is 14.3 Å². The maximum absolute atomic E-state index is 13.7. The number of benzene rings is 1. The van der Waals surface area contributed by atoms with Crippen LogP contribution in [-0.4, -0.2) is 16.0 Å². The number of aliphatic hydroxyl groups is 1. The van der Waals surface area contributed by atoms with Gasteiger partial charge in [-0.25, -0.2) is 4.39 Å². The number of carbonyl (C=O) groups is 1. The fourth-order valence-corrected chi connectivity index (χ4v) is 2.08. The molecule has 1 aromatic carbocycles. The molecule has 5 heteroatoms. The van der Waals surface area contributed by atoms with Gasteiger partial charge in [-0.05, 0) is 17.7 Å². The third-order valence-corrected chi connectivity index (χ3v) is 3.51. The van der Waals surface area contributed by atoms with E-state index in [4.69, 9.17) is 0 Å². The SMILES string of the molecule is CC(C)(C)C(=O)Nc1ccncc1C(O)Cc1ccccc1F. The number of anilines is 1. The summed E-state index contributed by atoms with van der Waals surface area (Å²) in [5.41, 5.74) is 0.811. The number of rotatable bonds is 4. The van der Waals surface area contributed by atoms with Gasteiger partial charge in [-0.2, -0.15) is 0 Å². The summed E-state index contributed by atoms with van der Waals surface area (Å²) in [6.07, 6.45) is 2.17. The Morgan fingerprint density at radius 2 is 2.00 bits per heavy atom. The van der Waals surface area contributed by atoms with E-state index in [0.717, 1.165) is 0 Å². The first-order chi connectivity index (χ1) is 10.8. The second-order valence-corrected chi connectivity index (χ2v) is 6.48. The maximum Gasteiger partial charge on any atom is 0.229 e. The Hall–Kier alpha value is -2.27. The minimum absolute atomic E-state index is 0.108. The Labute approximate surface area is 135 Å². The number of aliphatic hydroxyl groups excluding tert-OH is 1. The molecule has 1 atom stereocenters. The molecular formula is C18H21FN2O2. The van der Waals surface area contributed by atoms with E-state index in [1.54, 1.807) is 45.0 Å². The molecule has 0 radical (unpaired) electrons. The van der Waals surface area contributed by atoms with Crippen LogP contribution in [0.25, 0.3) is 0 Å². The summed E-state index contributed by atoms with van der Waals surface area (Å²) in [6.45, 7) is 5.41.